The Morgan fingerprint density at radius 1 is 1.14 bits per heavy atom. The molecule has 2 fully saturated rings. The van der Waals surface area contributed by atoms with Crippen LogP contribution in [0.15, 0.2) is 60.7 Å². The fraction of sp³-hybridized carbons (Fsp3) is 0.483. The molecule has 0 aromatic heterocycles. The number of nitrogens with one attached hydrogen (secondary N) is 1. The van der Waals surface area contributed by atoms with E-state index in [0.717, 1.165) is 17.5 Å². The van der Waals surface area contributed by atoms with Gasteiger partial charge in [-0.05, 0) is 37.8 Å². The largest absolute Gasteiger partial charge is 0.374 e. The maximum atomic E-state index is 13.8. The standard InChI is InChI=1S/C29H38N4O4/c1-28(2,30)26(35)31-24(19-37-18-21-11-6-4-7-12-21)25(34)33-16-10-15-29(20-33)23(17-32(3)27(29)36)22-13-8-5-9-14-22/h4-9,11-14,23-24H,10,15-20,30H2,1-3H3,(H,31,35)/t23?,24-,29?/m1/s1. The van der Waals surface area contributed by atoms with E-state index in [1.165, 1.54) is 0 Å². The van der Waals surface area contributed by atoms with Gasteiger partial charge in [0.25, 0.3) is 0 Å². The lowest BCUT2D eigenvalue weighted by Gasteiger charge is -2.43. The third-order valence-corrected chi connectivity index (χ3v) is 7.52. The van der Waals surface area contributed by atoms with Crippen LogP contribution in [0.25, 0.3) is 0 Å². The Bertz CT molecular complexity index is 1100. The van der Waals surface area contributed by atoms with Crippen LogP contribution in [-0.4, -0.2) is 72.4 Å². The Hall–Kier alpha value is -3.23. The van der Waals surface area contributed by atoms with Crippen LogP contribution < -0.4 is 11.1 Å². The quantitative estimate of drug-likeness (QED) is 0.572. The molecule has 2 saturated heterocycles. The summed E-state index contributed by atoms with van der Waals surface area (Å²) >= 11 is 0. The molecule has 0 saturated carbocycles. The fourth-order valence-corrected chi connectivity index (χ4v) is 5.51. The predicted molar refractivity (Wildman–Crippen MR) is 141 cm³/mol. The zero-order valence-corrected chi connectivity index (χ0v) is 22.0. The number of hydrogen-bond acceptors (Lipinski definition) is 5. The number of nitrogens with zero attached hydrogens (tertiary/aromatic N) is 2. The minimum atomic E-state index is -1.15. The molecule has 4 rings (SSSR count). The maximum absolute atomic E-state index is 13.8. The van der Waals surface area contributed by atoms with E-state index in [1.54, 1.807) is 23.6 Å². The summed E-state index contributed by atoms with van der Waals surface area (Å²) in [6, 6.07) is 18.8. The van der Waals surface area contributed by atoms with Gasteiger partial charge in [0.2, 0.25) is 17.7 Å². The van der Waals surface area contributed by atoms with Crippen LogP contribution in [0.5, 0.6) is 0 Å². The molecule has 2 heterocycles. The highest BCUT2D eigenvalue weighted by Gasteiger charge is 2.55. The molecule has 2 aromatic rings. The van der Waals surface area contributed by atoms with Gasteiger partial charge in [0.05, 0.1) is 24.2 Å². The second kappa shape index (κ2) is 11.0. The van der Waals surface area contributed by atoms with Crippen molar-refractivity contribution in [2.24, 2.45) is 11.1 Å². The topological polar surface area (TPSA) is 105 Å². The summed E-state index contributed by atoms with van der Waals surface area (Å²) in [7, 11) is 1.83. The third kappa shape index (κ3) is 5.86. The van der Waals surface area contributed by atoms with Gasteiger partial charge in [-0.15, -0.1) is 0 Å². The summed E-state index contributed by atoms with van der Waals surface area (Å²) in [4.78, 5) is 43.6. The summed E-state index contributed by atoms with van der Waals surface area (Å²) < 4.78 is 5.87. The maximum Gasteiger partial charge on any atom is 0.247 e. The average molecular weight is 507 g/mol. The van der Waals surface area contributed by atoms with Gasteiger partial charge in [0.15, 0.2) is 0 Å². The van der Waals surface area contributed by atoms with Crippen molar-refractivity contribution in [3.63, 3.8) is 0 Å². The first kappa shape index (κ1) is 26.8. The molecule has 2 aliphatic heterocycles. The minimum absolute atomic E-state index is 0.00727. The van der Waals surface area contributed by atoms with Crippen LogP contribution in [-0.2, 0) is 25.7 Å². The Kier molecular flexibility index (Phi) is 7.99. The molecule has 3 amide bonds. The van der Waals surface area contributed by atoms with Crippen molar-refractivity contribution in [2.45, 2.75) is 50.8 Å². The minimum Gasteiger partial charge on any atom is -0.374 e. The summed E-state index contributed by atoms with van der Waals surface area (Å²) in [6.45, 7) is 4.98. The Balaban J connectivity index is 1.54. The van der Waals surface area contributed by atoms with Crippen molar-refractivity contribution in [3.05, 3.63) is 71.8 Å². The van der Waals surface area contributed by atoms with Crippen molar-refractivity contribution in [1.29, 1.82) is 0 Å². The van der Waals surface area contributed by atoms with Gasteiger partial charge in [-0.1, -0.05) is 60.7 Å². The summed E-state index contributed by atoms with van der Waals surface area (Å²) in [5.74, 6) is -0.617. The van der Waals surface area contributed by atoms with Crippen molar-refractivity contribution in [3.8, 4) is 0 Å². The lowest BCUT2D eigenvalue weighted by Crippen LogP contribution is -2.60. The van der Waals surface area contributed by atoms with E-state index in [0.29, 0.717) is 32.7 Å². The first-order chi connectivity index (χ1) is 17.6. The molecule has 0 aliphatic carbocycles. The predicted octanol–water partition coefficient (Wildman–Crippen LogP) is 2.29. The van der Waals surface area contributed by atoms with Crippen LogP contribution in [0.4, 0.5) is 0 Å². The lowest BCUT2D eigenvalue weighted by molar-refractivity contribution is -0.147. The van der Waals surface area contributed by atoms with E-state index in [1.807, 2.05) is 55.6 Å². The first-order valence-electron chi connectivity index (χ1n) is 12.9. The molecule has 2 aromatic carbocycles. The van der Waals surface area contributed by atoms with Gasteiger partial charge in [0, 0.05) is 32.6 Å². The molecular formula is C29H38N4O4. The molecule has 8 heteroatoms. The van der Waals surface area contributed by atoms with E-state index in [4.69, 9.17) is 10.5 Å². The number of hydrogen-bond donors (Lipinski definition) is 2. The summed E-state index contributed by atoms with van der Waals surface area (Å²) in [5, 5.41) is 2.81. The third-order valence-electron chi connectivity index (χ3n) is 7.52. The van der Waals surface area contributed by atoms with Crippen molar-refractivity contribution >= 4 is 17.7 Å². The van der Waals surface area contributed by atoms with Gasteiger partial charge < -0.3 is 25.6 Å². The highest BCUT2D eigenvalue weighted by Crippen LogP contribution is 2.49. The molecule has 37 heavy (non-hydrogen) atoms. The second-order valence-corrected chi connectivity index (χ2v) is 10.9. The van der Waals surface area contributed by atoms with Gasteiger partial charge in [-0.3, -0.25) is 14.4 Å². The monoisotopic (exact) mass is 506 g/mol. The molecule has 8 nitrogen and oxygen atoms in total. The summed E-state index contributed by atoms with van der Waals surface area (Å²) in [6.07, 6.45) is 1.43. The molecule has 198 valence electrons. The number of carbonyl (C=O) groups excluding carboxylic acids is 3. The normalized spacial score (nSPS) is 22.8. The fourth-order valence-electron chi connectivity index (χ4n) is 5.51. The van der Waals surface area contributed by atoms with Crippen LogP contribution in [0, 0.1) is 5.41 Å². The van der Waals surface area contributed by atoms with E-state index in [2.05, 4.69) is 17.4 Å². The number of rotatable bonds is 8. The van der Waals surface area contributed by atoms with Crippen LogP contribution in [0.1, 0.15) is 43.7 Å². The molecule has 3 N–H and O–H groups in total. The number of benzene rings is 2. The molecule has 0 radical (unpaired) electrons. The smallest absolute Gasteiger partial charge is 0.247 e. The van der Waals surface area contributed by atoms with E-state index in [-0.39, 0.29) is 24.3 Å². The number of amides is 3. The summed E-state index contributed by atoms with van der Waals surface area (Å²) in [5.41, 5.74) is 6.26. The number of nitrogens with two attached hydrogens (primary N) is 1. The van der Waals surface area contributed by atoms with Gasteiger partial charge in [-0.2, -0.15) is 0 Å². The Morgan fingerprint density at radius 3 is 2.43 bits per heavy atom. The highest BCUT2D eigenvalue weighted by molar-refractivity contribution is 5.92. The zero-order valence-electron chi connectivity index (χ0n) is 22.0. The van der Waals surface area contributed by atoms with Crippen LogP contribution >= 0.6 is 0 Å². The van der Waals surface area contributed by atoms with Crippen molar-refractivity contribution in [2.75, 3.05) is 33.3 Å². The SMILES string of the molecule is CN1CC(c2ccccc2)C2(CCCN(C(=O)[C@@H](COCc3ccccc3)NC(=O)C(C)(C)N)C2)C1=O. The molecular weight excluding hydrogens is 468 g/mol. The Morgan fingerprint density at radius 2 is 1.78 bits per heavy atom. The Labute approximate surface area is 219 Å². The van der Waals surface area contributed by atoms with Gasteiger partial charge in [0.1, 0.15) is 6.04 Å². The molecule has 2 unspecified atom stereocenters. The van der Waals surface area contributed by atoms with Gasteiger partial charge in [-0.25, -0.2) is 0 Å². The number of likely N-dealkylation sites (tertiary alicyclic amines) is 2. The molecule has 3 atom stereocenters. The second-order valence-electron chi connectivity index (χ2n) is 10.9. The average Bonchev–Trinajstić information content (AvgIpc) is 3.13. The first-order valence-corrected chi connectivity index (χ1v) is 12.9. The number of carbonyl (C=O) groups is 3. The van der Waals surface area contributed by atoms with E-state index >= 15 is 0 Å². The van der Waals surface area contributed by atoms with E-state index < -0.39 is 22.9 Å². The zero-order chi connectivity index (χ0) is 26.6. The number of likely N-dealkylation sites (N-methyl/N-ethyl adjacent to an activating group) is 1. The highest BCUT2D eigenvalue weighted by atomic mass is 16.5. The molecule has 2 aliphatic rings. The van der Waals surface area contributed by atoms with Gasteiger partial charge >= 0.3 is 0 Å². The van der Waals surface area contributed by atoms with Crippen molar-refractivity contribution in [1.82, 2.24) is 15.1 Å². The number of piperidine rings is 1. The molecule has 0 bridgehead atoms. The van der Waals surface area contributed by atoms with Crippen LogP contribution in [0.3, 0.4) is 0 Å². The van der Waals surface area contributed by atoms with Crippen LogP contribution in [0.2, 0.25) is 0 Å². The molecule has 1 spiro atoms. The number of ether oxygens (including phenoxy) is 1. The van der Waals surface area contributed by atoms with Crippen molar-refractivity contribution < 1.29 is 19.1 Å². The van der Waals surface area contributed by atoms with E-state index in [9.17, 15) is 14.4 Å². The lowest BCUT2D eigenvalue weighted by atomic mass is 9.69.